The average Bonchev–Trinajstić information content (AvgIpc) is 2.29. The minimum Gasteiger partial charge on any atom is -0.353 e. The molecule has 0 aliphatic heterocycles. The number of hydrogen-bond donors (Lipinski definition) is 1. The van der Waals surface area contributed by atoms with Gasteiger partial charge in [-0.05, 0) is 25.3 Å². The first-order chi connectivity index (χ1) is 7.65. The third-order valence-corrected chi connectivity index (χ3v) is 2.84. The minimum atomic E-state index is 0.123. The lowest BCUT2D eigenvalue weighted by molar-refractivity contribution is -0.121. The van der Waals surface area contributed by atoms with Gasteiger partial charge in [-0.25, -0.2) is 0 Å². The molecule has 0 atom stereocenters. The molecular formula is C14H21NO. The second-order valence-electron chi connectivity index (χ2n) is 4.24. The highest BCUT2D eigenvalue weighted by Gasteiger charge is 2.08. The first kappa shape index (κ1) is 12.8. The number of aryl methyl sites for hydroxylation is 1. The van der Waals surface area contributed by atoms with Crippen molar-refractivity contribution in [2.24, 2.45) is 0 Å². The van der Waals surface area contributed by atoms with Crippen LogP contribution in [0.15, 0.2) is 24.3 Å². The van der Waals surface area contributed by atoms with Gasteiger partial charge >= 0.3 is 0 Å². The molecule has 0 aliphatic rings. The molecule has 0 spiro atoms. The fourth-order valence-corrected chi connectivity index (χ4v) is 1.66. The second-order valence-corrected chi connectivity index (χ2v) is 4.24. The molecule has 1 N–H and O–H groups in total. The molecule has 88 valence electrons. The number of hydrogen-bond acceptors (Lipinski definition) is 1. The maximum atomic E-state index is 11.7. The molecule has 0 aromatic heterocycles. The van der Waals surface area contributed by atoms with E-state index in [1.54, 1.807) is 0 Å². The van der Waals surface area contributed by atoms with E-state index in [-0.39, 0.29) is 5.91 Å². The zero-order valence-corrected chi connectivity index (χ0v) is 10.4. The summed E-state index contributed by atoms with van der Waals surface area (Å²) in [7, 11) is 0. The van der Waals surface area contributed by atoms with Crippen molar-refractivity contribution >= 4 is 5.91 Å². The van der Waals surface area contributed by atoms with E-state index in [2.05, 4.69) is 19.2 Å². The zero-order valence-electron chi connectivity index (χ0n) is 10.4. The Balaban J connectivity index is 2.48. The molecule has 1 amide bonds. The van der Waals surface area contributed by atoms with Crippen molar-refractivity contribution in [1.29, 1.82) is 0 Å². The predicted octanol–water partition coefficient (Wildman–Crippen LogP) is 2.84. The number of carbonyl (C=O) groups excluding carboxylic acids is 1. The van der Waals surface area contributed by atoms with Gasteiger partial charge in [0.25, 0.3) is 0 Å². The summed E-state index contributed by atoms with van der Waals surface area (Å²) in [5, 5.41) is 3.04. The normalized spacial score (nSPS) is 10.5. The maximum absolute atomic E-state index is 11.7. The molecule has 16 heavy (non-hydrogen) atoms. The van der Waals surface area contributed by atoms with E-state index in [4.69, 9.17) is 0 Å². The predicted molar refractivity (Wildman–Crippen MR) is 67.4 cm³/mol. The van der Waals surface area contributed by atoms with Crippen molar-refractivity contribution in [3.8, 4) is 0 Å². The maximum Gasteiger partial charge on any atom is 0.224 e. The number of rotatable bonds is 5. The number of carbonyl (C=O) groups is 1. The molecule has 0 fully saturated rings. The van der Waals surface area contributed by atoms with Gasteiger partial charge in [0.05, 0.1) is 6.42 Å². The molecule has 0 saturated heterocycles. The molecule has 0 heterocycles. The summed E-state index contributed by atoms with van der Waals surface area (Å²) in [6.07, 6.45) is 2.48. The fraction of sp³-hybridized carbons (Fsp3) is 0.500. The molecule has 2 nitrogen and oxygen atoms in total. The quantitative estimate of drug-likeness (QED) is 0.810. The SMILES string of the molecule is CCC(CC)NC(=O)Cc1ccc(C)cc1. The van der Waals surface area contributed by atoms with Gasteiger partial charge in [-0.1, -0.05) is 43.7 Å². The topological polar surface area (TPSA) is 29.1 Å². The van der Waals surface area contributed by atoms with E-state index >= 15 is 0 Å². The minimum absolute atomic E-state index is 0.123. The Bertz CT molecular complexity index is 325. The summed E-state index contributed by atoms with van der Waals surface area (Å²) in [5.74, 6) is 0.123. The lowest BCUT2D eigenvalue weighted by atomic mass is 10.1. The fourth-order valence-electron chi connectivity index (χ4n) is 1.66. The van der Waals surface area contributed by atoms with Crippen LogP contribution in [0.25, 0.3) is 0 Å². The van der Waals surface area contributed by atoms with Crippen LogP contribution in [0.1, 0.15) is 37.8 Å². The number of amides is 1. The van der Waals surface area contributed by atoms with Crippen molar-refractivity contribution in [3.05, 3.63) is 35.4 Å². The molecule has 2 heteroatoms. The van der Waals surface area contributed by atoms with Gasteiger partial charge in [-0.15, -0.1) is 0 Å². The largest absolute Gasteiger partial charge is 0.353 e. The van der Waals surface area contributed by atoms with Gasteiger partial charge < -0.3 is 5.32 Å². The van der Waals surface area contributed by atoms with Gasteiger partial charge in [0.15, 0.2) is 0 Å². The lowest BCUT2D eigenvalue weighted by Gasteiger charge is -2.14. The van der Waals surface area contributed by atoms with Gasteiger partial charge in [-0.2, -0.15) is 0 Å². The first-order valence-corrected chi connectivity index (χ1v) is 6.00. The molecular weight excluding hydrogens is 198 g/mol. The molecule has 0 bridgehead atoms. The summed E-state index contributed by atoms with van der Waals surface area (Å²) in [5.41, 5.74) is 2.30. The Kier molecular flexibility index (Phi) is 5.03. The Morgan fingerprint density at radius 2 is 1.75 bits per heavy atom. The first-order valence-electron chi connectivity index (χ1n) is 6.00. The van der Waals surface area contributed by atoms with Crippen molar-refractivity contribution < 1.29 is 4.79 Å². The Hall–Kier alpha value is -1.31. The standard InChI is InChI=1S/C14H21NO/c1-4-13(5-2)15-14(16)10-12-8-6-11(3)7-9-12/h6-9,13H,4-5,10H2,1-3H3,(H,15,16). The van der Waals surface area contributed by atoms with Crippen LogP contribution in [0.5, 0.6) is 0 Å². The van der Waals surface area contributed by atoms with Crippen LogP contribution < -0.4 is 5.32 Å². The molecule has 0 saturated carbocycles. The third kappa shape index (κ3) is 4.05. The van der Waals surface area contributed by atoms with E-state index in [0.717, 1.165) is 18.4 Å². The zero-order chi connectivity index (χ0) is 12.0. The highest BCUT2D eigenvalue weighted by atomic mass is 16.1. The van der Waals surface area contributed by atoms with Crippen LogP contribution in [0.3, 0.4) is 0 Å². The van der Waals surface area contributed by atoms with Crippen molar-refractivity contribution in [2.45, 2.75) is 46.1 Å². The summed E-state index contributed by atoms with van der Waals surface area (Å²) in [4.78, 5) is 11.7. The molecule has 1 rings (SSSR count). The van der Waals surface area contributed by atoms with Gasteiger partial charge in [-0.3, -0.25) is 4.79 Å². The average molecular weight is 219 g/mol. The lowest BCUT2D eigenvalue weighted by Crippen LogP contribution is -2.34. The van der Waals surface area contributed by atoms with Crippen LogP contribution in [0.4, 0.5) is 0 Å². The van der Waals surface area contributed by atoms with E-state index in [0.29, 0.717) is 12.5 Å². The summed E-state index contributed by atoms with van der Waals surface area (Å²) < 4.78 is 0. The Labute approximate surface area is 98.1 Å². The molecule has 0 unspecified atom stereocenters. The van der Waals surface area contributed by atoms with E-state index < -0.39 is 0 Å². The monoisotopic (exact) mass is 219 g/mol. The molecule has 0 aliphatic carbocycles. The molecule has 0 radical (unpaired) electrons. The van der Waals surface area contributed by atoms with Crippen LogP contribution in [-0.2, 0) is 11.2 Å². The summed E-state index contributed by atoms with van der Waals surface area (Å²) in [6, 6.07) is 8.43. The van der Waals surface area contributed by atoms with Gasteiger partial charge in [0.2, 0.25) is 5.91 Å². The van der Waals surface area contributed by atoms with Crippen molar-refractivity contribution in [1.82, 2.24) is 5.32 Å². The Morgan fingerprint density at radius 3 is 2.25 bits per heavy atom. The van der Waals surface area contributed by atoms with Gasteiger partial charge in [0.1, 0.15) is 0 Å². The van der Waals surface area contributed by atoms with Crippen LogP contribution in [0, 0.1) is 6.92 Å². The molecule has 1 aromatic rings. The van der Waals surface area contributed by atoms with E-state index in [9.17, 15) is 4.79 Å². The van der Waals surface area contributed by atoms with Gasteiger partial charge in [0, 0.05) is 6.04 Å². The number of benzene rings is 1. The third-order valence-electron chi connectivity index (χ3n) is 2.84. The summed E-state index contributed by atoms with van der Waals surface area (Å²) >= 11 is 0. The smallest absolute Gasteiger partial charge is 0.224 e. The van der Waals surface area contributed by atoms with Crippen molar-refractivity contribution in [2.75, 3.05) is 0 Å². The van der Waals surface area contributed by atoms with Crippen LogP contribution in [-0.4, -0.2) is 11.9 Å². The number of nitrogens with one attached hydrogen (secondary N) is 1. The van der Waals surface area contributed by atoms with Crippen LogP contribution in [0.2, 0.25) is 0 Å². The second kappa shape index (κ2) is 6.31. The summed E-state index contributed by atoms with van der Waals surface area (Å²) in [6.45, 7) is 6.24. The highest BCUT2D eigenvalue weighted by Crippen LogP contribution is 2.04. The molecule has 1 aromatic carbocycles. The Morgan fingerprint density at radius 1 is 1.19 bits per heavy atom. The van der Waals surface area contributed by atoms with E-state index in [1.807, 2.05) is 31.2 Å². The van der Waals surface area contributed by atoms with E-state index in [1.165, 1.54) is 5.56 Å². The highest BCUT2D eigenvalue weighted by molar-refractivity contribution is 5.78. The van der Waals surface area contributed by atoms with Crippen LogP contribution >= 0.6 is 0 Å². The van der Waals surface area contributed by atoms with Crippen molar-refractivity contribution in [3.63, 3.8) is 0 Å².